The molecule has 0 radical (unpaired) electrons. The first-order valence-corrected chi connectivity index (χ1v) is 8.66. The van der Waals surface area contributed by atoms with Crippen LogP contribution in [0.4, 0.5) is 5.69 Å². The Bertz CT molecular complexity index is 578. The average Bonchev–Trinajstić information content (AvgIpc) is 2.80. The zero-order valence-corrected chi connectivity index (χ0v) is 12.1. The molecule has 0 aromatic carbocycles. The fourth-order valence-corrected chi connectivity index (χ4v) is 4.09. The molecule has 3 rings (SSSR count). The van der Waals surface area contributed by atoms with Crippen LogP contribution < -0.4 is 10.2 Å². The molecule has 108 valence electrons. The van der Waals surface area contributed by atoms with Gasteiger partial charge < -0.3 is 10.2 Å². The first-order valence-electron chi connectivity index (χ1n) is 6.94. The number of hydrogen-bond donors (Lipinski definition) is 1. The number of aromatic nitrogens is 1. The Morgan fingerprint density at radius 1 is 1.20 bits per heavy atom. The lowest BCUT2D eigenvalue weighted by Gasteiger charge is -2.34. The highest BCUT2D eigenvalue weighted by atomic mass is 32.2. The lowest BCUT2D eigenvalue weighted by molar-refractivity contribution is 0.401. The van der Waals surface area contributed by atoms with Crippen LogP contribution in [0.1, 0.15) is 12.8 Å². The Morgan fingerprint density at radius 2 is 1.90 bits per heavy atom. The molecule has 0 amide bonds. The Hall–Kier alpha value is -1.40. The van der Waals surface area contributed by atoms with Gasteiger partial charge >= 0.3 is 0 Å². The number of piperidine rings is 1. The van der Waals surface area contributed by atoms with Gasteiger partial charge in [-0.05, 0) is 25.0 Å². The lowest BCUT2D eigenvalue weighted by Crippen LogP contribution is -2.46. The minimum atomic E-state index is -2.96. The topological polar surface area (TPSA) is 62.3 Å². The molecule has 6 heteroatoms. The summed E-state index contributed by atoms with van der Waals surface area (Å²) in [4.78, 5) is 6.38. The maximum atomic E-state index is 11.4. The van der Waals surface area contributed by atoms with E-state index in [1.54, 1.807) is 6.08 Å². The van der Waals surface area contributed by atoms with Crippen LogP contribution in [0.3, 0.4) is 0 Å². The van der Waals surface area contributed by atoms with Crippen LogP contribution in [0.25, 0.3) is 0 Å². The molecule has 20 heavy (non-hydrogen) atoms. The summed E-state index contributed by atoms with van der Waals surface area (Å²) in [7, 11) is -2.96. The summed E-state index contributed by atoms with van der Waals surface area (Å²) in [5, 5.41) is 4.77. The summed E-state index contributed by atoms with van der Waals surface area (Å²) in [6.45, 7) is 1.98. The number of nitrogens with zero attached hydrogens (tertiary/aromatic N) is 2. The molecule has 5 nitrogen and oxygen atoms in total. The van der Waals surface area contributed by atoms with Crippen molar-refractivity contribution in [1.29, 1.82) is 0 Å². The van der Waals surface area contributed by atoms with Crippen molar-refractivity contribution in [2.24, 2.45) is 0 Å². The van der Waals surface area contributed by atoms with Crippen LogP contribution in [0.5, 0.6) is 0 Å². The third-order valence-electron chi connectivity index (χ3n) is 3.90. The van der Waals surface area contributed by atoms with E-state index in [2.05, 4.69) is 15.2 Å². The predicted octanol–water partition coefficient (Wildman–Crippen LogP) is 0.951. The third kappa shape index (κ3) is 3.19. The summed E-state index contributed by atoms with van der Waals surface area (Å²) < 4.78 is 22.8. The average molecular weight is 293 g/mol. The van der Waals surface area contributed by atoms with E-state index in [-0.39, 0.29) is 11.8 Å². The van der Waals surface area contributed by atoms with Gasteiger partial charge in [0.2, 0.25) is 0 Å². The van der Waals surface area contributed by atoms with Gasteiger partial charge in [-0.1, -0.05) is 6.08 Å². The highest BCUT2D eigenvalue weighted by Gasteiger charge is 2.26. The van der Waals surface area contributed by atoms with Crippen molar-refractivity contribution in [2.75, 3.05) is 23.7 Å². The monoisotopic (exact) mass is 293 g/mol. The largest absolute Gasteiger partial charge is 0.371 e. The molecule has 1 N–H and O–H groups in total. The quantitative estimate of drug-likeness (QED) is 0.899. The highest BCUT2D eigenvalue weighted by Crippen LogP contribution is 2.20. The van der Waals surface area contributed by atoms with E-state index in [0.29, 0.717) is 6.04 Å². The van der Waals surface area contributed by atoms with Gasteiger partial charge in [-0.15, -0.1) is 0 Å². The number of hydrogen-bond acceptors (Lipinski definition) is 5. The van der Waals surface area contributed by atoms with Crippen LogP contribution in [0.15, 0.2) is 36.0 Å². The van der Waals surface area contributed by atoms with Crippen LogP contribution in [-0.2, 0) is 9.84 Å². The number of nitrogens with one attached hydrogen (secondary N) is 1. The highest BCUT2D eigenvalue weighted by molar-refractivity contribution is 7.94. The van der Waals surface area contributed by atoms with E-state index in [0.717, 1.165) is 25.9 Å². The molecule has 1 unspecified atom stereocenters. The van der Waals surface area contributed by atoms with Crippen LogP contribution >= 0.6 is 0 Å². The number of pyridine rings is 1. The molecular formula is C14H19N3O2S. The van der Waals surface area contributed by atoms with Crippen LogP contribution in [0.2, 0.25) is 0 Å². The summed E-state index contributed by atoms with van der Waals surface area (Å²) in [5.41, 5.74) is 1.21. The Morgan fingerprint density at radius 3 is 2.50 bits per heavy atom. The molecular weight excluding hydrogens is 274 g/mol. The second-order valence-electron chi connectivity index (χ2n) is 5.40. The van der Waals surface area contributed by atoms with E-state index in [1.165, 1.54) is 11.1 Å². The molecule has 3 heterocycles. The summed E-state index contributed by atoms with van der Waals surface area (Å²) in [6, 6.07) is 4.44. The van der Waals surface area contributed by atoms with E-state index in [4.69, 9.17) is 0 Å². The maximum absolute atomic E-state index is 11.4. The normalized spacial score (nSPS) is 26.0. The van der Waals surface area contributed by atoms with Crippen molar-refractivity contribution < 1.29 is 8.42 Å². The standard InChI is InChI=1S/C14H19N3O2S/c18-20(19)10-5-13(11-20)16-12-3-8-17(9-4-12)14-1-6-15-7-2-14/h1-2,5-7,10,12-13,16H,3-4,8-9,11H2. The van der Waals surface area contributed by atoms with Crippen LogP contribution in [-0.4, -0.2) is 44.3 Å². The van der Waals surface area contributed by atoms with Gasteiger partial charge in [-0.2, -0.15) is 0 Å². The molecule has 1 atom stereocenters. The van der Waals surface area contributed by atoms with Crippen LogP contribution in [0, 0.1) is 0 Å². The first-order chi connectivity index (χ1) is 9.62. The second kappa shape index (κ2) is 5.54. The van der Waals surface area contributed by atoms with Crippen molar-refractivity contribution in [2.45, 2.75) is 24.9 Å². The Labute approximate surface area is 119 Å². The molecule has 0 bridgehead atoms. The molecule has 2 aliphatic rings. The van der Waals surface area contributed by atoms with Crippen molar-refractivity contribution in [3.8, 4) is 0 Å². The predicted molar refractivity (Wildman–Crippen MR) is 79.3 cm³/mol. The van der Waals surface area contributed by atoms with Crippen molar-refractivity contribution in [3.05, 3.63) is 36.0 Å². The molecule has 0 saturated carbocycles. The van der Waals surface area contributed by atoms with Gasteiger partial charge in [0.1, 0.15) is 0 Å². The molecule has 0 aliphatic carbocycles. The third-order valence-corrected chi connectivity index (χ3v) is 5.30. The first kappa shape index (κ1) is 13.6. The molecule has 1 fully saturated rings. The fraction of sp³-hybridized carbons (Fsp3) is 0.500. The van der Waals surface area contributed by atoms with Crippen molar-refractivity contribution in [3.63, 3.8) is 0 Å². The van der Waals surface area contributed by atoms with Gasteiger partial charge in [0.15, 0.2) is 9.84 Å². The summed E-state index contributed by atoms with van der Waals surface area (Å²) in [5.74, 6) is 0.206. The van der Waals surface area contributed by atoms with E-state index < -0.39 is 9.84 Å². The van der Waals surface area contributed by atoms with Gasteiger partial charge in [-0.3, -0.25) is 4.98 Å². The van der Waals surface area contributed by atoms with Gasteiger partial charge in [0.25, 0.3) is 0 Å². The number of sulfone groups is 1. The second-order valence-corrected chi connectivity index (χ2v) is 7.33. The minimum Gasteiger partial charge on any atom is -0.371 e. The fourth-order valence-electron chi connectivity index (χ4n) is 2.84. The Balaban J connectivity index is 1.51. The summed E-state index contributed by atoms with van der Waals surface area (Å²) >= 11 is 0. The van der Waals surface area contributed by atoms with Gasteiger partial charge in [0, 0.05) is 48.7 Å². The Kier molecular flexibility index (Phi) is 3.76. The number of rotatable bonds is 3. The molecule has 0 spiro atoms. The molecule has 2 aliphatic heterocycles. The van der Waals surface area contributed by atoms with Crippen molar-refractivity contribution >= 4 is 15.5 Å². The SMILES string of the molecule is O=S1(=O)C=CC(NC2CCN(c3ccncc3)CC2)C1. The number of anilines is 1. The van der Waals surface area contributed by atoms with E-state index >= 15 is 0 Å². The van der Waals surface area contributed by atoms with Gasteiger partial charge in [0.05, 0.1) is 5.75 Å². The smallest absolute Gasteiger partial charge is 0.173 e. The van der Waals surface area contributed by atoms with Gasteiger partial charge in [-0.25, -0.2) is 8.42 Å². The lowest BCUT2D eigenvalue weighted by atomic mass is 10.0. The molecule has 1 saturated heterocycles. The zero-order valence-electron chi connectivity index (χ0n) is 11.3. The zero-order chi connectivity index (χ0) is 14.0. The summed E-state index contributed by atoms with van der Waals surface area (Å²) in [6.07, 6.45) is 7.46. The van der Waals surface area contributed by atoms with Crippen molar-refractivity contribution in [1.82, 2.24) is 10.3 Å². The van der Waals surface area contributed by atoms with E-state index in [9.17, 15) is 8.42 Å². The molecule has 1 aromatic rings. The maximum Gasteiger partial charge on any atom is 0.173 e. The van der Waals surface area contributed by atoms with E-state index in [1.807, 2.05) is 24.5 Å². The molecule has 1 aromatic heterocycles. The minimum absolute atomic E-state index is 0.0162.